The molecule has 0 saturated heterocycles. The summed E-state index contributed by atoms with van der Waals surface area (Å²) in [5.74, 6) is 0. The van der Waals surface area contributed by atoms with E-state index < -0.39 is 0 Å². The van der Waals surface area contributed by atoms with Gasteiger partial charge in [0, 0.05) is 18.4 Å². The molecular formula is C14H20N2. The molecule has 0 aromatic carbocycles. The van der Waals surface area contributed by atoms with Crippen LogP contribution in [0.25, 0.3) is 0 Å². The average molecular weight is 216 g/mol. The van der Waals surface area contributed by atoms with E-state index in [4.69, 9.17) is 0 Å². The van der Waals surface area contributed by atoms with Crippen molar-refractivity contribution in [2.24, 2.45) is 0 Å². The van der Waals surface area contributed by atoms with E-state index >= 15 is 0 Å². The SMILES string of the molecule is CN1C2=C(CCCC2)NC1C1=CC=CCC1. The molecule has 0 spiro atoms. The second-order valence-corrected chi connectivity index (χ2v) is 5.00. The first-order valence-electron chi connectivity index (χ1n) is 6.43. The largest absolute Gasteiger partial charge is 0.364 e. The van der Waals surface area contributed by atoms with Gasteiger partial charge < -0.3 is 10.2 Å². The molecule has 0 aromatic rings. The monoisotopic (exact) mass is 216 g/mol. The predicted molar refractivity (Wildman–Crippen MR) is 66.6 cm³/mol. The molecule has 0 saturated carbocycles. The lowest BCUT2D eigenvalue weighted by Gasteiger charge is -2.28. The molecule has 1 aliphatic heterocycles. The van der Waals surface area contributed by atoms with Crippen LogP contribution in [0.5, 0.6) is 0 Å². The van der Waals surface area contributed by atoms with Crippen molar-refractivity contribution < 1.29 is 0 Å². The summed E-state index contributed by atoms with van der Waals surface area (Å²) in [5, 5.41) is 3.72. The van der Waals surface area contributed by atoms with Crippen LogP contribution in [0, 0.1) is 0 Å². The van der Waals surface area contributed by atoms with Gasteiger partial charge in [0.1, 0.15) is 6.17 Å². The zero-order valence-electron chi connectivity index (χ0n) is 10.00. The van der Waals surface area contributed by atoms with Gasteiger partial charge in [0.15, 0.2) is 0 Å². The topological polar surface area (TPSA) is 15.3 Å². The summed E-state index contributed by atoms with van der Waals surface area (Å²) in [6.45, 7) is 0. The van der Waals surface area contributed by atoms with E-state index in [2.05, 4.69) is 35.5 Å². The molecule has 1 N–H and O–H groups in total. The highest BCUT2D eigenvalue weighted by Crippen LogP contribution is 2.34. The standard InChI is InChI=1S/C14H20N2/c1-16-13-10-6-5-9-12(13)15-14(16)11-7-3-2-4-8-11/h2-3,7,14-15H,4-6,8-10H2,1H3. The number of allylic oxidation sites excluding steroid dienone is 5. The summed E-state index contributed by atoms with van der Waals surface area (Å²) < 4.78 is 0. The molecule has 2 heteroatoms. The maximum Gasteiger partial charge on any atom is 0.121 e. The van der Waals surface area contributed by atoms with E-state index in [9.17, 15) is 0 Å². The van der Waals surface area contributed by atoms with Crippen molar-refractivity contribution in [1.29, 1.82) is 0 Å². The second-order valence-electron chi connectivity index (χ2n) is 5.00. The third kappa shape index (κ3) is 1.57. The quantitative estimate of drug-likeness (QED) is 0.725. The van der Waals surface area contributed by atoms with Crippen LogP contribution in [-0.2, 0) is 0 Å². The fourth-order valence-corrected chi connectivity index (χ4v) is 3.04. The molecule has 2 aliphatic carbocycles. The lowest BCUT2D eigenvalue weighted by molar-refractivity contribution is 0.333. The molecule has 0 bridgehead atoms. The van der Waals surface area contributed by atoms with Crippen LogP contribution in [0.15, 0.2) is 35.2 Å². The highest BCUT2D eigenvalue weighted by molar-refractivity contribution is 5.30. The van der Waals surface area contributed by atoms with Gasteiger partial charge in [-0.05, 0) is 44.1 Å². The fourth-order valence-electron chi connectivity index (χ4n) is 3.04. The Morgan fingerprint density at radius 1 is 1.25 bits per heavy atom. The Kier molecular flexibility index (Phi) is 2.50. The first-order chi connectivity index (χ1) is 7.86. The molecule has 0 amide bonds. The van der Waals surface area contributed by atoms with Crippen LogP contribution in [0.3, 0.4) is 0 Å². The Labute approximate surface area is 97.7 Å². The lowest BCUT2D eigenvalue weighted by Crippen LogP contribution is -2.36. The zero-order chi connectivity index (χ0) is 11.0. The van der Waals surface area contributed by atoms with Crippen LogP contribution in [0.2, 0.25) is 0 Å². The Bertz CT molecular complexity index is 376. The first-order valence-corrected chi connectivity index (χ1v) is 6.43. The molecule has 0 radical (unpaired) electrons. The number of nitrogens with zero attached hydrogens (tertiary/aromatic N) is 1. The van der Waals surface area contributed by atoms with Gasteiger partial charge in [-0.2, -0.15) is 0 Å². The molecule has 86 valence electrons. The summed E-state index contributed by atoms with van der Waals surface area (Å²) in [7, 11) is 2.24. The number of hydrogen-bond donors (Lipinski definition) is 1. The third-order valence-electron chi connectivity index (χ3n) is 3.96. The number of nitrogens with one attached hydrogen (secondary N) is 1. The minimum atomic E-state index is 0.438. The maximum atomic E-state index is 3.72. The van der Waals surface area contributed by atoms with Gasteiger partial charge in [-0.1, -0.05) is 18.2 Å². The number of hydrogen-bond acceptors (Lipinski definition) is 2. The van der Waals surface area contributed by atoms with Crippen molar-refractivity contribution in [1.82, 2.24) is 10.2 Å². The first kappa shape index (κ1) is 10.0. The van der Waals surface area contributed by atoms with Crippen LogP contribution in [0.4, 0.5) is 0 Å². The van der Waals surface area contributed by atoms with Crippen molar-refractivity contribution >= 4 is 0 Å². The number of rotatable bonds is 1. The summed E-state index contributed by atoms with van der Waals surface area (Å²) >= 11 is 0. The Morgan fingerprint density at radius 2 is 2.12 bits per heavy atom. The van der Waals surface area contributed by atoms with E-state index in [0.717, 1.165) is 0 Å². The Morgan fingerprint density at radius 3 is 2.88 bits per heavy atom. The minimum Gasteiger partial charge on any atom is -0.364 e. The van der Waals surface area contributed by atoms with Crippen LogP contribution >= 0.6 is 0 Å². The summed E-state index contributed by atoms with van der Waals surface area (Å²) in [6.07, 6.45) is 14.8. The normalized spacial score (nSPS) is 28.9. The van der Waals surface area contributed by atoms with Gasteiger partial charge >= 0.3 is 0 Å². The van der Waals surface area contributed by atoms with Gasteiger partial charge in [-0.25, -0.2) is 0 Å². The van der Waals surface area contributed by atoms with E-state index in [1.165, 1.54) is 44.2 Å². The zero-order valence-corrected chi connectivity index (χ0v) is 10.00. The van der Waals surface area contributed by atoms with E-state index in [0.29, 0.717) is 6.17 Å². The summed E-state index contributed by atoms with van der Waals surface area (Å²) in [4.78, 5) is 2.46. The number of likely N-dealkylation sites (N-methyl/N-ethyl adjacent to an activating group) is 1. The van der Waals surface area contributed by atoms with Crippen molar-refractivity contribution in [3.8, 4) is 0 Å². The second kappa shape index (κ2) is 4.00. The predicted octanol–water partition coefficient (Wildman–Crippen LogP) is 2.91. The highest BCUT2D eigenvalue weighted by atomic mass is 15.3. The molecule has 1 heterocycles. The van der Waals surface area contributed by atoms with Crippen LogP contribution in [0.1, 0.15) is 38.5 Å². The molecule has 3 rings (SSSR count). The molecule has 1 atom stereocenters. The van der Waals surface area contributed by atoms with Crippen LogP contribution < -0.4 is 5.32 Å². The lowest BCUT2D eigenvalue weighted by atomic mass is 10.0. The Hall–Kier alpha value is -1.18. The van der Waals surface area contributed by atoms with Crippen molar-refractivity contribution in [2.45, 2.75) is 44.7 Å². The maximum absolute atomic E-state index is 3.72. The highest BCUT2D eigenvalue weighted by Gasteiger charge is 2.31. The van der Waals surface area contributed by atoms with Gasteiger partial charge in [0.25, 0.3) is 0 Å². The van der Waals surface area contributed by atoms with Crippen molar-refractivity contribution in [3.05, 3.63) is 35.2 Å². The minimum absolute atomic E-state index is 0.438. The third-order valence-corrected chi connectivity index (χ3v) is 3.96. The van der Waals surface area contributed by atoms with Gasteiger partial charge in [0.2, 0.25) is 0 Å². The Balaban J connectivity index is 1.81. The van der Waals surface area contributed by atoms with Gasteiger partial charge in [-0.15, -0.1) is 0 Å². The average Bonchev–Trinajstić information content (AvgIpc) is 2.69. The van der Waals surface area contributed by atoms with E-state index in [1.807, 2.05) is 0 Å². The van der Waals surface area contributed by atoms with E-state index in [1.54, 1.807) is 11.3 Å². The van der Waals surface area contributed by atoms with Gasteiger partial charge in [0.05, 0.1) is 0 Å². The van der Waals surface area contributed by atoms with Gasteiger partial charge in [-0.3, -0.25) is 0 Å². The van der Waals surface area contributed by atoms with Crippen molar-refractivity contribution in [2.75, 3.05) is 7.05 Å². The fraction of sp³-hybridized carbons (Fsp3) is 0.571. The molecule has 2 nitrogen and oxygen atoms in total. The molecule has 16 heavy (non-hydrogen) atoms. The molecule has 0 fully saturated rings. The smallest absolute Gasteiger partial charge is 0.121 e. The molecule has 3 aliphatic rings. The van der Waals surface area contributed by atoms with E-state index in [-0.39, 0.29) is 0 Å². The van der Waals surface area contributed by atoms with Crippen molar-refractivity contribution in [3.63, 3.8) is 0 Å². The molecule has 0 aromatic heterocycles. The molecular weight excluding hydrogens is 196 g/mol. The summed E-state index contributed by atoms with van der Waals surface area (Å²) in [5.41, 5.74) is 4.61. The summed E-state index contributed by atoms with van der Waals surface area (Å²) in [6, 6.07) is 0. The molecule has 1 unspecified atom stereocenters. The van der Waals surface area contributed by atoms with Crippen LogP contribution in [-0.4, -0.2) is 18.1 Å².